The molecular weight excluding hydrogens is 372 g/mol. The zero-order valence-electron chi connectivity index (χ0n) is 16.6. The van der Waals surface area contributed by atoms with E-state index >= 15 is 0 Å². The van der Waals surface area contributed by atoms with Crippen molar-refractivity contribution in [3.05, 3.63) is 60.9 Å². The molecule has 0 unspecified atom stereocenters. The molecule has 0 aromatic carbocycles. The molecule has 150 valence electrons. The van der Waals surface area contributed by atoms with Crippen molar-refractivity contribution in [1.29, 1.82) is 0 Å². The Balaban J connectivity index is 1.67. The van der Waals surface area contributed by atoms with Gasteiger partial charge in [0, 0.05) is 24.1 Å². The van der Waals surface area contributed by atoms with E-state index in [0.29, 0.717) is 11.5 Å². The van der Waals surface area contributed by atoms with E-state index < -0.39 is 17.2 Å². The third-order valence-electron chi connectivity index (χ3n) is 5.29. The van der Waals surface area contributed by atoms with Crippen LogP contribution in [0.3, 0.4) is 0 Å². The molecule has 0 saturated carbocycles. The Morgan fingerprint density at radius 1 is 1.17 bits per heavy atom. The average molecular weight is 394 g/mol. The van der Waals surface area contributed by atoms with Crippen molar-refractivity contribution < 1.29 is 4.79 Å². The van der Waals surface area contributed by atoms with E-state index in [1.807, 2.05) is 6.92 Å². The van der Waals surface area contributed by atoms with Crippen LogP contribution in [0.1, 0.15) is 51.7 Å². The molecule has 4 rings (SSSR count). The quantitative estimate of drug-likeness (QED) is 0.679. The first-order valence-corrected chi connectivity index (χ1v) is 9.59. The van der Waals surface area contributed by atoms with Crippen molar-refractivity contribution in [1.82, 2.24) is 29.8 Å². The zero-order valence-corrected chi connectivity index (χ0v) is 16.6. The van der Waals surface area contributed by atoms with E-state index in [1.165, 1.54) is 23.2 Å². The molecule has 0 fully saturated rings. The number of H-pyrrole nitrogens is 1. The summed E-state index contributed by atoms with van der Waals surface area (Å²) in [5.41, 5.74) is 2.88. The number of pyridine rings is 1. The minimum atomic E-state index is -0.637. The lowest BCUT2D eigenvalue weighted by Crippen LogP contribution is -2.32. The molecule has 0 bridgehead atoms. The molecule has 0 atom stereocenters. The zero-order chi connectivity index (χ0) is 20.7. The van der Waals surface area contributed by atoms with Gasteiger partial charge < -0.3 is 5.32 Å². The minimum Gasteiger partial charge on any atom is -0.345 e. The van der Waals surface area contributed by atoms with Gasteiger partial charge in [-0.15, -0.1) is 0 Å². The topological polar surface area (TPSA) is 123 Å². The fraction of sp³-hybridized carbons (Fsp3) is 0.400. The number of carbonyl (C=O) groups excluding carboxylic acids is 1. The van der Waals surface area contributed by atoms with Gasteiger partial charge in [0.05, 0.1) is 17.5 Å². The first-order chi connectivity index (χ1) is 13.8. The molecule has 9 nitrogen and oxygen atoms in total. The van der Waals surface area contributed by atoms with Crippen molar-refractivity contribution >= 4 is 16.9 Å². The number of hydrogen-bond donors (Lipinski definition) is 2. The van der Waals surface area contributed by atoms with Gasteiger partial charge >= 0.3 is 5.69 Å². The second-order valence-corrected chi connectivity index (χ2v) is 7.37. The van der Waals surface area contributed by atoms with Gasteiger partial charge in [-0.2, -0.15) is 0 Å². The molecule has 9 heteroatoms. The van der Waals surface area contributed by atoms with Crippen molar-refractivity contribution in [2.24, 2.45) is 7.05 Å². The Labute approximate surface area is 166 Å². The second-order valence-electron chi connectivity index (χ2n) is 7.37. The lowest BCUT2D eigenvalue weighted by molar-refractivity contribution is 0.0951. The summed E-state index contributed by atoms with van der Waals surface area (Å²) in [6, 6.07) is 1.54. The fourth-order valence-corrected chi connectivity index (χ4v) is 3.82. The summed E-state index contributed by atoms with van der Waals surface area (Å²) in [5, 5.41) is 2.88. The van der Waals surface area contributed by atoms with Gasteiger partial charge in [-0.05, 0) is 51.2 Å². The average Bonchev–Trinajstić information content (AvgIpc) is 2.69. The van der Waals surface area contributed by atoms with Gasteiger partial charge in [0.2, 0.25) is 0 Å². The van der Waals surface area contributed by atoms with Gasteiger partial charge in [-0.25, -0.2) is 19.7 Å². The molecule has 29 heavy (non-hydrogen) atoms. The molecule has 0 aliphatic heterocycles. The standard InChI is InChI=1S/C20H22N6O3/c1-10-8-13(16-17(22-10)26(3)20(29)25-19(16)28)18(27)21-9-15-23-11(2)12-6-4-5-7-14(12)24-15/h8H,4-7,9H2,1-3H3,(H,21,27)(H,25,28,29). The van der Waals surface area contributed by atoms with E-state index in [4.69, 9.17) is 0 Å². The Bertz CT molecular complexity index is 1260. The van der Waals surface area contributed by atoms with Crippen LogP contribution in [0.25, 0.3) is 11.0 Å². The molecule has 1 aliphatic rings. The largest absolute Gasteiger partial charge is 0.345 e. The predicted molar refractivity (Wildman–Crippen MR) is 107 cm³/mol. The SMILES string of the molecule is Cc1cc(C(=O)NCc2nc(C)c3c(n2)CCCC3)c2c(=O)[nH]c(=O)n(C)c2n1. The lowest BCUT2D eigenvalue weighted by atomic mass is 9.95. The highest BCUT2D eigenvalue weighted by Crippen LogP contribution is 2.21. The molecule has 1 amide bonds. The number of aromatic amines is 1. The fourth-order valence-electron chi connectivity index (χ4n) is 3.82. The highest BCUT2D eigenvalue weighted by molar-refractivity contribution is 6.05. The molecule has 0 saturated heterocycles. The van der Waals surface area contributed by atoms with E-state index in [2.05, 4.69) is 25.3 Å². The number of nitrogens with one attached hydrogen (secondary N) is 2. The molecule has 3 heterocycles. The minimum absolute atomic E-state index is 0.0812. The van der Waals surface area contributed by atoms with Crippen molar-refractivity contribution in [2.75, 3.05) is 0 Å². The molecule has 0 radical (unpaired) electrons. The third kappa shape index (κ3) is 3.43. The van der Waals surface area contributed by atoms with Crippen LogP contribution in [0.2, 0.25) is 0 Å². The van der Waals surface area contributed by atoms with Gasteiger partial charge in [-0.3, -0.25) is 19.1 Å². The van der Waals surface area contributed by atoms with Crippen molar-refractivity contribution in [2.45, 2.75) is 46.1 Å². The number of amides is 1. The monoisotopic (exact) mass is 394 g/mol. The molecule has 3 aromatic rings. The summed E-state index contributed by atoms with van der Waals surface area (Å²) in [7, 11) is 1.50. The number of carbonyl (C=O) groups is 1. The Kier molecular flexibility index (Phi) is 4.73. The van der Waals surface area contributed by atoms with Crippen LogP contribution in [-0.4, -0.2) is 30.4 Å². The Morgan fingerprint density at radius 2 is 1.93 bits per heavy atom. The van der Waals surface area contributed by atoms with E-state index in [1.54, 1.807) is 6.92 Å². The summed E-state index contributed by atoms with van der Waals surface area (Å²) in [6.07, 6.45) is 4.19. The van der Waals surface area contributed by atoms with E-state index in [9.17, 15) is 14.4 Å². The summed E-state index contributed by atoms with van der Waals surface area (Å²) in [5.74, 6) is 0.108. The van der Waals surface area contributed by atoms with Crippen LogP contribution in [0.4, 0.5) is 0 Å². The van der Waals surface area contributed by atoms with Crippen molar-refractivity contribution in [3.63, 3.8) is 0 Å². The van der Waals surface area contributed by atoms with Gasteiger partial charge in [0.15, 0.2) is 0 Å². The number of nitrogens with zero attached hydrogens (tertiary/aromatic N) is 4. The van der Waals surface area contributed by atoms with Gasteiger partial charge in [0.25, 0.3) is 11.5 Å². The summed E-state index contributed by atoms with van der Waals surface area (Å²) < 4.78 is 1.22. The van der Waals surface area contributed by atoms with Crippen LogP contribution < -0.4 is 16.6 Å². The van der Waals surface area contributed by atoms with Crippen LogP contribution >= 0.6 is 0 Å². The Morgan fingerprint density at radius 3 is 2.72 bits per heavy atom. The van der Waals surface area contributed by atoms with Crippen LogP contribution in [-0.2, 0) is 26.4 Å². The molecule has 2 N–H and O–H groups in total. The Hall–Kier alpha value is -3.36. The molecule has 0 spiro atoms. The second kappa shape index (κ2) is 7.23. The third-order valence-corrected chi connectivity index (χ3v) is 5.29. The van der Waals surface area contributed by atoms with Crippen LogP contribution in [0.5, 0.6) is 0 Å². The van der Waals surface area contributed by atoms with Crippen molar-refractivity contribution in [3.8, 4) is 0 Å². The smallest absolute Gasteiger partial charge is 0.329 e. The summed E-state index contributed by atoms with van der Waals surface area (Å²) >= 11 is 0. The maximum Gasteiger partial charge on any atom is 0.329 e. The van der Waals surface area contributed by atoms with Gasteiger partial charge in [0.1, 0.15) is 11.5 Å². The van der Waals surface area contributed by atoms with E-state index in [0.717, 1.165) is 37.1 Å². The lowest BCUT2D eigenvalue weighted by Gasteiger charge is -2.17. The maximum absolute atomic E-state index is 12.9. The normalized spacial score (nSPS) is 13.3. The summed E-state index contributed by atoms with van der Waals surface area (Å²) in [4.78, 5) is 52.7. The maximum atomic E-state index is 12.9. The predicted octanol–water partition coefficient (Wildman–Crippen LogP) is 0.837. The number of rotatable bonds is 3. The first-order valence-electron chi connectivity index (χ1n) is 9.59. The highest BCUT2D eigenvalue weighted by atomic mass is 16.2. The number of hydrogen-bond acceptors (Lipinski definition) is 6. The van der Waals surface area contributed by atoms with Crippen LogP contribution in [0, 0.1) is 13.8 Å². The first kappa shape index (κ1) is 19.0. The van der Waals surface area contributed by atoms with Gasteiger partial charge in [-0.1, -0.05) is 0 Å². The van der Waals surface area contributed by atoms with E-state index in [-0.39, 0.29) is 23.1 Å². The molecule has 1 aliphatic carbocycles. The number of fused-ring (bicyclic) bond motifs is 2. The molecular formula is C20H22N6O3. The highest BCUT2D eigenvalue weighted by Gasteiger charge is 2.19. The summed E-state index contributed by atoms with van der Waals surface area (Å²) in [6.45, 7) is 3.83. The molecule has 3 aromatic heterocycles. The number of aryl methyl sites for hydroxylation is 4. The number of aromatic nitrogens is 5. The van der Waals surface area contributed by atoms with Crippen LogP contribution in [0.15, 0.2) is 15.7 Å².